The van der Waals surface area contributed by atoms with E-state index in [4.69, 9.17) is 5.73 Å². The van der Waals surface area contributed by atoms with Gasteiger partial charge < -0.3 is 31.9 Å². The van der Waals surface area contributed by atoms with Crippen LogP contribution in [0.1, 0.15) is 34.1 Å². The lowest BCUT2D eigenvalue weighted by molar-refractivity contribution is -0.143. The number of carbonyl (C=O) groups excluding carboxylic acids is 3. The van der Waals surface area contributed by atoms with Gasteiger partial charge >= 0.3 is 5.97 Å². The van der Waals surface area contributed by atoms with Gasteiger partial charge in [0.25, 0.3) is 0 Å². The maximum Gasteiger partial charge on any atom is 0.326 e. The molecule has 0 saturated heterocycles. The van der Waals surface area contributed by atoms with Gasteiger partial charge in [-0.2, -0.15) is 12.6 Å². The number of hydrogen-bond acceptors (Lipinski definition) is 7. The maximum atomic E-state index is 12.5. The second-order valence-corrected chi connectivity index (χ2v) is 7.66. The number of aliphatic carboxylic acids is 1. The Balaban J connectivity index is 5.12. The van der Waals surface area contributed by atoms with Crippen LogP contribution in [0, 0.1) is 11.8 Å². The van der Waals surface area contributed by atoms with Gasteiger partial charge in [-0.15, -0.1) is 0 Å². The SMILES string of the molecule is CC(C)CC(NC(=O)C(CO)NC(=O)C(NC(=O)C(N)CS)C(C)C)C(=O)O. The zero-order valence-electron chi connectivity index (χ0n) is 16.6. The molecule has 0 aliphatic rings. The molecule has 0 aromatic rings. The molecule has 0 saturated carbocycles. The molecule has 0 aromatic heterocycles. The van der Waals surface area contributed by atoms with Crippen LogP contribution in [0.3, 0.4) is 0 Å². The number of nitrogens with two attached hydrogens (primary N) is 1. The van der Waals surface area contributed by atoms with Crippen LogP contribution in [0.5, 0.6) is 0 Å². The molecule has 10 nitrogen and oxygen atoms in total. The summed E-state index contributed by atoms with van der Waals surface area (Å²) >= 11 is 3.93. The minimum Gasteiger partial charge on any atom is -0.480 e. The van der Waals surface area contributed by atoms with Crippen molar-refractivity contribution in [2.24, 2.45) is 17.6 Å². The minimum absolute atomic E-state index is 0.0140. The Morgan fingerprint density at radius 1 is 0.929 bits per heavy atom. The molecule has 28 heavy (non-hydrogen) atoms. The van der Waals surface area contributed by atoms with Gasteiger partial charge in [0.1, 0.15) is 18.1 Å². The van der Waals surface area contributed by atoms with Crippen molar-refractivity contribution < 1.29 is 29.4 Å². The van der Waals surface area contributed by atoms with Gasteiger partial charge in [-0.05, 0) is 18.3 Å². The first-order chi connectivity index (χ1) is 12.9. The summed E-state index contributed by atoms with van der Waals surface area (Å²) in [5.74, 6) is -3.53. The smallest absolute Gasteiger partial charge is 0.326 e. The number of aliphatic hydroxyl groups is 1. The van der Waals surface area contributed by atoms with E-state index in [1.54, 1.807) is 27.7 Å². The van der Waals surface area contributed by atoms with E-state index in [0.717, 1.165) is 0 Å². The van der Waals surface area contributed by atoms with Crippen LogP contribution >= 0.6 is 12.6 Å². The first kappa shape index (κ1) is 26.1. The third kappa shape index (κ3) is 8.89. The molecule has 0 radical (unpaired) electrons. The Kier molecular flexibility index (Phi) is 11.7. The molecule has 4 unspecified atom stereocenters. The highest BCUT2D eigenvalue weighted by Crippen LogP contribution is 2.06. The Hall–Kier alpha value is -1.85. The van der Waals surface area contributed by atoms with Crippen LogP contribution in [0.2, 0.25) is 0 Å². The highest BCUT2D eigenvalue weighted by molar-refractivity contribution is 7.80. The van der Waals surface area contributed by atoms with Crippen LogP contribution in [-0.2, 0) is 19.2 Å². The molecule has 0 fully saturated rings. The molecule has 0 aromatic carbocycles. The number of aliphatic hydroxyl groups excluding tert-OH is 1. The van der Waals surface area contributed by atoms with E-state index in [1.165, 1.54) is 0 Å². The fourth-order valence-corrected chi connectivity index (χ4v) is 2.46. The van der Waals surface area contributed by atoms with Crippen molar-refractivity contribution in [3.8, 4) is 0 Å². The number of thiol groups is 1. The molecular formula is C17H32N4O6S. The van der Waals surface area contributed by atoms with Crippen LogP contribution < -0.4 is 21.7 Å². The number of carboxylic acid groups (broad SMARTS) is 1. The number of amides is 3. The van der Waals surface area contributed by atoms with Crippen molar-refractivity contribution in [3.63, 3.8) is 0 Å². The number of carbonyl (C=O) groups is 4. The van der Waals surface area contributed by atoms with Crippen molar-refractivity contribution in [3.05, 3.63) is 0 Å². The summed E-state index contributed by atoms with van der Waals surface area (Å²) in [5, 5.41) is 25.8. The van der Waals surface area contributed by atoms with Gasteiger partial charge in [0.05, 0.1) is 12.6 Å². The van der Waals surface area contributed by atoms with E-state index in [9.17, 15) is 29.4 Å². The molecule has 0 rings (SSSR count). The summed E-state index contributed by atoms with van der Waals surface area (Å²) < 4.78 is 0. The van der Waals surface area contributed by atoms with E-state index < -0.39 is 54.5 Å². The monoisotopic (exact) mass is 420 g/mol. The summed E-state index contributed by atoms with van der Waals surface area (Å²) in [6.07, 6.45) is 0.194. The summed E-state index contributed by atoms with van der Waals surface area (Å²) in [5.41, 5.74) is 5.58. The molecule has 0 bridgehead atoms. The van der Waals surface area contributed by atoms with Crippen molar-refractivity contribution in [2.75, 3.05) is 12.4 Å². The summed E-state index contributed by atoms with van der Waals surface area (Å²) in [6, 6.07) is -4.40. The summed E-state index contributed by atoms with van der Waals surface area (Å²) in [7, 11) is 0. The third-order valence-electron chi connectivity index (χ3n) is 3.92. The zero-order valence-corrected chi connectivity index (χ0v) is 17.5. The lowest BCUT2D eigenvalue weighted by Gasteiger charge is -2.26. The first-order valence-corrected chi connectivity index (χ1v) is 9.68. The highest BCUT2D eigenvalue weighted by Gasteiger charge is 2.31. The second kappa shape index (κ2) is 12.6. The molecule has 3 amide bonds. The predicted octanol–water partition coefficient (Wildman–Crippen LogP) is -1.52. The largest absolute Gasteiger partial charge is 0.480 e. The van der Waals surface area contributed by atoms with Crippen LogP contribution in [-0.4, -0.2) is 70.4 Å². The molecule has 0 spiro atoms. The summed E-state index contributed by atoms with van der Waals surface area (Å²) in [6.45, 7) is 6.25. The average molecular weight is 421 g/mol. The Morgan fingerprint density at radius 3 is 1.86 bits per heavy atom. The van der Waals surface area contributed by atoms with Gasteiger partial charge in [0.15, 0.2) is 0 Å². The topological polar surface area (TPSA) is 171 Å². The van der Waals surface area contributed by atoms with E-state index in [2.05, 4.69) is 28.6 Å². The van der Waals surface area contributed by atoms with Gasteiger partial charge in [-0.25, -0.2) is 4.79 Å². The van der Waals surface area contributed by atoms with Crippen molar-refractivity contribution in [1.82, 2.24) is 16.0 Å². The van der Waals surface area contributed by atoms with E-state index in [-0.39, 0.29) is 24.0 Å². The fourth-order valence-electron chi connectivity index (χ4n) is 2.30. The van der Waals surface area contributed by atoms with Gasteiger partial charge in [0.2, 0.25) is 17.7 Å². The molecule has 0 aliphatic carbocycles. The van der Waals surface area contributed by atoms with E-state index in [0.29, 0.717) is 0 Å². The molecule has 7 N–H and O–H groups in total. The highest BCUT2D eigenvalue weighted by atomic mass is 32.1. The zero-order chi connectivity index (χ0) is 22.0. The Labute approximate surface area is 170 Å². The van der Waals surface area contributed by atoms with Crippen molar-refractivity contribution in [2.45, 2.75) is 58.3 Å². The third-order valence-corrected chi connectivity index (χ3v) is 4.31. The molecular weight excluding hydrogens is 388 g/mol. The first-order valence-electron chi connectivity index (χ1n) is 9.05. The number of rotatable bonds is 12. The Bertz CT molecular complexity index is 558. The molecule has 162 valence electrons. The molecule has 0 heterocycles. The number of hydrogen-bond donors (Lipinski definition) is 7. The predicted molar refractivity (Wildman–Crippen MR) is 107 cm³/mol. The number of carboxylic acids is 1. The van der Waals surface area contributed by atoms with Crippen molar-refractivity contribution >= 4 is 36.3 Å². The second-order valence-electron chi connectivity index (χ2n) is 7.29. The minimum atomic E-state index is -1.36. The van der Waals surface area contributed by atoms with Gasteiger partial charge in [-0.1, -0.05) is 27.7 Å². The average Bonchev–Trinajstić information content (AvgIpc) is 2.61. The van der Waals surface area contributed by atoms with Crippen LogP contribution in [0.15, 0.2) is 0 Å². The molecule has 4 atom stereocenters. The lowest BCUT2D eigenvalue weighted by atomic mass is 10.0. The van der Waals surface area contributed by atoms with E-state index >= 15 is 0 Å². The lowest BCUT2D eigenvalue weighted by Crippen LogP contribution is -2.59. The van der Waals surface area contributed by atoms with Crippen LogP contribution in [0.4, 0.5) is 0 Å². The summed E-state index contributed by atoms with van der Waals surface area (Å²) in [4.78, 5) is 48.0. The quantitative estimate of drug-likeness (QED) is 0.188. The standard InChI is InChI=1S/C17H32N4O6S/c1-8(2)5-11(17(26)27)19-15(24)12(6-22)20-16(25)13(9(3)4)21-14(23)10(18)7-28/h8-13,22,28H,5-7,18H2,1-4H3,(H,19,24)(H,20,25)(H,21,23)(H,26,27). The normalized spacial score (nSPS) is 15.5. The van der Waals surface area contributed by atoms with Gasteiger partial charge in [-0.3, -0.25) is 14.4 Å². The van der Waals surface area contributed by atoms with Gasteiger partial charge in [0, 0.05) is 5.75 Å². The van der Waals surface area contributed by atoms with Crippen molar-refractivity contribution in [1.29, 1.82) is 0 Å². The maximum absolute atomic E-state index is 12.5. The molecule has 0 aliphatic heterocycles. The van der Waals surface area contributed by atoms with Crippen LogP contribution in [0.25, 0.3) is 0 Å². The fraction of sp³-hybridized carbons (Fsp3) is 0.765. The van der Waals surface area contributed by atoms with E-state index in [1.807, 2.05) is 0 Å². The number of nitrogens with one attached hydrogen (secondary N) is 3. The molecule has 11 heteroatoms. The Morgan fingerprint density at radius 2 is 1.46 bits per heavy atom.